The number of hydrogen-bond donors (Lipinski definition) is 3. The summed E-state index contributed by atoms with van der Waals surface area (Å²) in [6.45, 7) is 0. The molecule has 2 aromatic carbocycles. The minimum atomic E-state index is -3.97. The van der Waals surface area contributed by atoms with Crippen LogP contribution in [-0.4, -0.2) is 18.5 Å². The Balaban J connectivity index is 1.96. The highest BCUT2D eigenvalue weighted by molar-refractivity contribution is 7.89. The second-order valence-corrected chi connectivity index (χ2v) is 7.53. The van der Waals surface area contributed by atoms with Crippen LogP contribution >= 0.6 is 11.3 Å². The van der Waals surface area contributed by atoms with Crippen LogP contribution in [0.3, 0.4) is 0 Å². The monoisotopic (exact) mass is 403 g/mol. The summed E-state index contributed by atoms with van der Waals surface area (Å²) in [5.74, 6) is -0.252. The molecule has 0 aliphatic rings. The fourth-order valence-electron chi connectivity index (χ4n) is 2.00. The molecule has 0 spiro atoms. The van der Waals surface area contributed by atoms with Gasteiger partial charge in [0.1, 0.15) is 27.7 Å². The van der Waals surface area contributed by atoms with Crippen LogP contribution in [0.1, 0.15) is 0 Å². The standard InChI is InChI=1S/C15H13N7O3S2/c16-9-7-13(23)12(8-11(9)20-22-15-18-5-6-26-15)21-19-10-3-1-2-4-14(10)27(17,24)25/h1-8,23H,16H2,(H2,17,24,25)/b21-19+,22-20+. The van der Waals surface area contributed by atoms with Crippen molar-refractivity contribution in [1.82, 2.24) is 4.98 Å². The van der Waals surface area contributed by atoms with Crippen LogP contribution < -0.4 is 10.9 Å². The van der Waals surface area contributed by atoms with Gasteiger partial charge in [-0.1, -0.05) is 12.1 Å². The van der Waals surface area contributed by atoms with E-state index in [1.807, 2.05) is 0 Å². The summed E-state index contributed by atoms with van der Waals surface area (Å²) in [4.78, 5) is 3.78. The van der Waals surface area contributed by atoms with Gasteiger partial charge in [0.05, 0.1) is 5.69 Å². The Morgan fingerprint density at radius 3 is 2.41 bits per heavy atom. The topological polar surface area (TPSA) is 169 Å². The molecule has 0 aliphatic heterocycles. The van der Waals surface area contributed by atoms with Crippen molar-refractivity contribution in [1.29, 1.82) is 0 Å². The van der Waals surface area contributed by atoms with E-state index in [1.54, 1.807) is 17.6 Å². The van der Waals surface area contributed by atoms with E-state index in [4.69, 9.17) is 10.9 Å². The zero-order chi connectivity index (χ0) is 19.4. The van der Waals surface area contributed by atoms with Crippen LogP contribution in [0.4, 0.5) is 27.9 Å². The minimum absolute atomic E-state index is 0.0292. The van der Waals surface area contributed by atoms with Gasteiger partial charge in [-0.25, -0.2) is 18.5 Å². The Morgan fingerprint density at radius 1 is 1.00 bits per heavy atom. The molecule has 0 saturated carbocycles. The molecule has 0 unspecified atom stereocenters. The maximum atomic E-state index is 11.6. The lowest BCUT2D eigenvalue weighted by molar-refractivity contribution is 0.476. The Bertz CT molecular complexity index is 1130. The Labute approximate surface area is 158 Å². The molecule has 1 heterocycles. The van der Waals surface area contributed by atoms with Crippen LogP contribution in [0.2, 0.25) is 0 Å². The molecule has 1 aromatic heterocycles. The molecule has 0 bridgehead atoms. The number of benzene rings is 2. The number of anilines is 1. The highest BCUT2D eigenvalue weighted by Crippen LogP contribution is 2.38. The maximum Gasteiger partial charge on any atom is 0.240 e. The van der Waals surface area contributed by atoms with Gasteiger partial charge in [-0.3, -0.25) is 0 Å². The number of sulfonamides is 1. The molecular weight excluding hydrogens is 390 g/mol. The SMILES string of the molecule is Nc1cc(O)c(/N=N/c2ccccc2S(N)(=O)=O)cc1/N=N/c1nccs1. The van der Waals surface area contributed by atoms with Crippen molar-refractivity contribution in [3.63, 3.8) is 0 Å². The summed E-state index contributed by atoms with van der Waals surface area (Å²) in [7, 11) is -3.97. The quantitative estimate of drug-likeness (QED) is 0.432. The third kappa shape index (κ3) is 4.49. The number of nitrogens with two attached hydrogens (primary N) is 2. The molecule has 0 aliphatic carbocycles. The highest BCUT2D eigenvalue weighted by atomic mass is 32.2. The molecule has 0 atom stereocenters. The molecule has 0 radical (unpaired) electrons. The predicted molar refractivity (Wildman–Crippen MR) is 101 cm³/mol. The number of primary sulfonamides is 1. The molecule has 27 heavy (non-hydrogen) atoms. The molecule has 3 rings (SSSR count). The molecular formula is C15H13N7O3S2. The van der Waals surface area contributed by atoms with E-state index in [0.717, 1.165) is 0 Å². The van der Waals surface area contributed by atoms with Gasteiger partial charge >= 0.3 is 0 Å². The summed E-state index contributed by atoms with van der Waals surface area (Å²) in [5, 5.41) is 33.0. The first-order chi connectivity index (χ1) is 12.8. The average Bonchev–Trinajstić information content (AvgIpc) is 3.13. The zero-order valence-electron chi connectivity index (χ0n) is 13.6. The van der Waals surface area contributed by atoms with E-state index < -0.39 is 10.0 Å². The van der Waals surface area contributed by atoms with Crippen molar-refractivity contribution in [3.8, 4) is 5.75 Å². The van der Waals surface area contributed by atoms with E-state index in [1.165, 1.54) is 41.7 Å². The number of nitrogen functional groups attached to an aromatic ring is 1. The first kappa shape index (κ1) is 18.6. The van der Waals surface area contributed by atoms with Crippen molar-refractivity contribution in [2.75, 3.05) is 5.73 Å². The summed E-state index contributed by atoms with van der Waals surface area (Å²) >= 11 is 1.29. The van der Waals surface area contributed by atoms with Gasteiger partial charge in [0, 0.05) is 17.6 Å². The largest absolute Gasteiger partial charge is 0.506 e. The van der Waals surface area contributed by atoms with Gasteiger partial charge in [0.2, 0.25) is 15.2 Å². The number of rotatable bonds is 5. The normalized spacial score (nSPS) is 12.2. The number of thiazole rings is 1. The summed E-state index contributed by atoms with van der Waals surface area (Å²) in [5.41, 5.74) is 6.30. The lowest BCUT2D eigenvalue weighted by atomic mass is 10.2. The molecule has 0 fully saturated rings. The number of nitrogens with zero attached hydrogens (tertiary/aromatic N) is 5. The molecule has 3 aromatic rings. The Morgan fingerprint density at radius 2 is 1.70 bits per heavy atom. The lowest BCUT2D eigenvalue weighted by Gasteiger charge is -2.04. The fourth-order valence-corrected chi connectivity index (χ4v) is 3.12. The van der Waals surface area contributed by atoms with Crippen molar-refractivity contribution in [3.05, 3.63) is 48.0 Å². The van der Waals surface area contributed by atoms with Crippen LogP contribution in [-0.2, 0) is 10.0 Å². The molecule has 5 N–H and O–H groups in total. The Hall–Kier alpha value is -3.22. The van der Waals surface area contributed by atoms with Crippen molar-refractivity contribution in [2.45, 2.75) is 4.90 Å². The van der Waals surface area contributed by atoms with Crippen LogP contribution in [0.15, 0.2) is 73.3 Å². The third-order valence-corrected chi connectivity index (χ3v) is 4.84. The number of aromatic nitrogens is 1. The zero-order valence-corrected chi connectivity index (χ0v) is 15.2. The summed E-state index contributed by atoms with van der Waals surface area (Å²) < 4.78 is 23.2. The highest BCUT2D eigenvalue weighted by Gasteiger charge is 2.13. The van der Waals surface area contributed by atoms with Crippen molar-refractivity contribution < 1.29 is 13.5 Å². The molecule has 138 valence electrons. The summed E-state index contributed by atoms with van der Waals surface area (Å²) in [6, 6.07) is 8.44. The van der Waals surface area contributed by atoms with Gasteiger partial charge in [-0.2, -0.15) is 0 Å². The van der Waals surface area contributed by atoms with Crippen molar-refractivity contribution in [2.24, 2.45) is 25.6 Å². The third-order valence-electron chi connectivity index (χ3n) is 3.22. The molecule has 0 amide bonds. The second kappa shape index (κ2) is 7.57. The van der Waals surface area contributed by atoms with Crippen LogP contribution in [0, 0.1) is 0 Å². The fraction of sp³-hybridized carbons (Fsp3) is 0. The van der Waals surface area contributed by atoms with Gasteiger partial charge in [0.15, 0.2) is 0 Å². The smallest absolute Gasteiger partial charge is 0.240 e. The molecule has 10 nitrogen and oxygen atoms in total. The maximum absolute atomic E-state index is 11.6. The van der Waals surface area contributed by atoms with E-state index in [2.05, 4.69) is 25.4 Å². The van der Waals surface area contributed by atoms with E-state index in [0.29, 0.717) is 5.13 Å². The van der Waals surface area contributed by atoms with E-state index >= 15 is 0 Å². The number of phenolic OH excluding ortho intramolecular Hbond substituents is 1. The predicted octanol–water partition coefficient (Wildman–Crippen LogP) is 3.91. The lowest BCUT2D eigenvalue weighted by Crippen LogP contribution is -2.12. The van der Waals surface area contributed by atoms with Gasteiger partial charge in [-0.15, -0.1) is 31.8 Å². The van der Waals surface area contributed by atoms with E-state index in [-0.39, 0.29) is 33.4 Å². The average molecular weight is 403 g/mol. The van der Waals surface area contributed by atoms with Crippen molar-refractivity contribution >= 4 is 49.2 Å². The minimum Gasteiger partial charge on any atom is -0.506 e. The van der Waals surface area contributed by atoms with Gasteiger partial charge in [0.25, 0.3) is 0 Å². The van der Waals surface area contributed by atoms with Crippen LogP contribution in [0.25, 0.3) is 0 Å². The number of azo groups is 2. The number of hydrogen-bond acceptors (Lipinski definition) is 10. The summed E-state index contributed by atoms with van der Waals surface area (Å²) in [6.07, 6.45) is 1.59. The van der Waals surface area contributed by atoms with Crippen LogP contribution in [0.5, 0.6) is 5.75 Å². The molecule has 0 saturated heterocycles. The van der Waals surface area contributed by atoms with E-state index in [9.17, 15) is 13.5 Å². The van der Waals surface area contributed by atoms with Gasteiger partial charge < -0.3 is 10.8 Å². The molecule has 12 heteroatoms. The number of aromatic hydroxyl groups is 1. The number of phenols is 1. The Kier molecular flexibility index (Phi) is 5.21. The second-order valence-electron chi connectivity index (χ2n) is 5.13. The van der Waals surface area contributed by atoms with Gasteiger partial charge in [-0.05, 0) is 18.2 Å². The first-order valence-corrected chi connectivity index (χ1v) is 9.74. The first-order valence-electron chi connectivity index (χ1n) is 7.32.